The molecule has 1 aromatic carbocycles. The van der Waals surface area contributed by atoms with Gasteiger partial charge in [0.2, 0.25) is 0 Å². The minimum Gasteiger partial charge on any atom is -0.478 e. The second-order valence-corrected chi connectivity index (χ2v) is 7.01. The first kappa shape index (κ1) is 16.9. The van der Waals surface area contributed by atoms with E-state index < -0.39 is 18.7 Å². The van der Waals surface area contributed by atoms with E-state index in [1.54, 1.807) is 26.0 Å². The molecule has 0 radical (unpaired) electrons. The summed E-state index contributed by atoms with van der Waals surface area (Å²) in [5, 5.41) is 7.83. The molecule has 0 aliphatic carbocycles. The van der Waals surface area contributed by atoms with Crippen LogP contribution in [0.15, 0.2) is 24.3 Å². The molecule has 0 aliphatic heterocycles. The summed E-state index contributed by atoms with van der Waals surface area (Å²) in [6.07, 6.45) is 1.74. The van der Waals surface area contributed by atoms with Gasteiger partial charge in [-0.25, -0.2) is 4.79 Å². The first-order valence-electron chi connectivity index (χ1n) is 6.63. The van der Waals surface area contributed by atoms with Crippen LogP contribution >= 0.6 is 7.60 Å². The highest BCUT2D eigenvalue weighted by Crippen LogP contribution is 2.56. The molecule has 5 nitrogen and oxygen atoms in total. The third kappa shape index (κ3) is 3.69. The Labute approximate surface area is 118 Å². The van der Waals surface area contributed by atoms with E-state index in [9.17, 15) is 19.1 Å². The monoisotopic (exact) mass is 300 g/mol. The highest BCUT2D eigenvalue weighted by atomic mass is 31.2. The molecule has 0 aromatic heterocycles. The van der Waals surface area contributed by atoms with Gasteiger partial charge in [-0.05, 0) is 43.4 Å². The van der Waals surface area contributed by atoms with Crippen molar-refractivity contribution in [1.82, 2.24) is 0 Å². The third-order valence-electron chi connectivity index (χ3n) is 4.01. The van der Waals surface area contributed by atoms with E-state index in [0.29, 0.717) is 25.7 Å². The maximum atomic E-state index is 11.7. The van der Waals surface area contributed by atoms with E-state index in [2.05, 4.69) is 0 Å². The van der Waals surface area contributed by atoms with Crippen LogP contribution in [-0.2, 0) is 11.0 Å². The zero-order valence-electron chi connectivity index (χ0n) is 11.7. The van der Waals surface area contributed by atoms with Gasteiger partial charge in [-0.1, -0.05) is 26.0 Å². The van der Waals surface area contributed by atoms with E-state index in [0.717, 1.165) is 5.56 Å². The van der Waals surface area contributed by atoms with Crippen molar-refractivity contribution in [3.8, 4) is 0 Å². The summed E-state index contributed by atoms with van der Waals surface area (Å²) in [4.78, 5) is 29.9. The van der Waals surface area contributed by atoms with Crippen LogP contribution in [-0.4, -0.2) is 26.0 Å². The summed E-state index contributed by atoms with van der Waals surface area (Å²) in [6, 6.07) is 6.40. The van der Waals surface area contributed by atoms with Crippen LogP contribution in [0.25, 0.3) is 0 Å². The maximum Gasteiger partial charge on any atom is 0.335 e. The summed E-state index contributed by atoms with van der Waals surface area (Å²) >= 11 is 0. The number of carboxylic acid groups (broad SMARTS) is 1. The topological polar surface area (TPSA) is 94.8 Å². The predicted octanol–water partition coefficient (Wildman–Crippen LogP) is 3.05. The minimum atomic E-state index is -4.16. The third-order valence-corrected chi connectivity index (χ3v) is 6.11. The van der Waals surface area contributed by atoms with Crippen LogP contribution in [0, 0.1) is 0 Å². The quantitative estimate of drug-likeness (QED) is 0.673. The first-order valence-corrected chi connectivity index (χ1v) is 8.25. The molecule has 0 spiro atoms. The largest absolute Gasteiger partial charge is 0.478 e. The van der Waals surface area contributed by atoms with Crippen molar-refractivity contribution < 1.29 is 24.3 Å². The highest BCUT2D eigenvalue weighted by Gasteiger charge is 2.42. The summed E-state index contributed by atoms with van der Waals surface area (Å²) < 4.78 is 11.7. The zero-order valence-corrected chi connectivity index (χ0v) is 12.6. The molecule has 1 rings (SSSR count). The zero-order chi connectivity index (χ0) is 15.4. The SMILES string of the molecule is CCC(CC)(CCc1ccc(C(=O)O)cc1)P(=O)(O)O. The average Bonchev–Trinajstić information content (AvgIpc) is 2.39. The van der Waals surface area contributed by atoms with Crippen LogP contribution in [0.3, 0.4) is 0 Å². The first-order chi connectivity index (χ1) is 9.25. The van der Waals surface area contributed by atoms with Gasteiger partial charge in [-0.15, -0.1) is 0 Å². The van der Waals surface area contributed by atoms with Crippen molar-refractivity contribution >= 4 is 13.6 Å². The Morgan fingerprint density at radius 1 is 1.15 bits per heavy atom. The van der Waals surface area contributed by atoms with Crippen LogP contribution in [0.2, 0.25) is 0 Å². The lowest BCUT2D eigenvalue weighted by Crippen LogP contribution is -2.28. The average molecular weight is 300 g/mol. The summed E-state index contributed by atoms with van der Waals surface area (Å²) in [5.41, 5.74) is 1.09. The van der Waals surface area contributed by atoms with Gasteiger partial charge in [0.15, 0.2) is 0 Å². The van der Waals surface area contributed by atoms with E-state index in [1.165, 1.54) is 12.1 Å². The molecule has 3 N–H and O–H groups in total. The smallest absolute Gasteiger partial charge is 0.335 e. The van der Waals surface area contributed by atoms with E-state index >= 15 is 0 Å². The van der Waals surface area contributed by atoms with E-state index in [1.807, 2.05) is 0 Å². The van der Waals surface area contributed by atoms with Crippen LogP contribution in [0.1, 0.15) is 49.0 Å². The summed E-state index contributed by atoms with van der Waals surface area (Å²) in [5.74, 6) is -0.983. The molecule has 6 heteroatoms. The van der Waals surface area contributed by atoms with Gasteiger partial charge in [0.05, 0.1) is 10.7 Å². The summed E-state index contributed by atoms with van der Waals surface area (Å²) in [7, 11) is -4.16. The Bertz CT molecular complexity index is 499. The van der Waals surface area contributed by atoms with Crippen molar-refractivity contribution in [2.75, 3.05) is 0 Å². The number of benzene rings is 1. The van der Waals surface area contributed by atoms with Crippen molar-refractivity contribution in [1.29, 1.82) is 0 Å². The Morgan fingerprint density at radius 2 is 1.65 bits per heavy atom. The van der Waals surface area contributed by atoms with Gasteiger partial charge in [0.25, 0.3) is 0 Å². The minimum absolute atomic E-state index is 0.209. The molecule has 0 amide bonds. The molecule has 0 bridgehead atoms. The van der Waals surface area contributed by atoms with Crippen molar-refractivity contribution in [2.45, 2.75) is 44.7 Å². The van der Waals surface area contributed by atoms with Gasteiger partial charge in [0, 0.05) is 0 Å². The fourth-order valence-electron chi connectivity index (χ4n) is 2.35. The molecule has 0 saturated carbocycles. The second-order valence-electron chi connectivity index (χ2n) is 4.98. The molecule has 0 heterocycles. The summed E-state index contributed by atoms with van der Waals surface area (Å²) in [6.45, 7) is 3.58. The molecule has 1 aromatic rings. The number of carboxylic acids is 1. The molecule has 0 aliphatic rings. The van der Waals surface area contributed by atoms with Crippen LogP contribution in [0.4, 0.5) is 0 Å². The second kappa shape index (κ2) is 6.53. The molecule has 0 atom stereocenters. The molecule has 0 fully saturated rings. The number of hydrogen-bond donors (Lipinski definition) is 3. The standard InChI is InChI=1S/C14H21O5P/c1-3-14(4-2,20(17,18)19)10-9-11-5-7-12(8-6-11)13(15)16/h5-8H,3-4,9-10H2,1-2H3,(H,15,16)(H2,17,18,19). The number of hydrogen-bond acceptors (Lipinski definition) is 2. The van der Waals surface area contributed by atoms with Gasteiger partial charge >= 0.3 is 13.6 Å². The Kier molecular flexibility index (Phi) is 5.51. The maximum absolute atomic E-state index is 11.7. The molecular formula is C14H21O5P. The number of aryl methyl sites for hydroxylation is 1. The van der Waals surface area contributed by atoms with Gasteiger partial charge in [-0.3, -0.25) is 4.57 Å². The fraction of sp³-hybridized carbons (Fsp3) is 0.500. The normalized spacial score (nSPS) is 12.4. The highest BCUT2D eigenvalue weighted by molar-refractivity contribution is 7.53. The Morgan fingerprint density at radius 3 is 2.00 bits per heavy atom. The molecule has 20 heavy (non-hydrogen) atoms. The van der Waals surface area contributed by atoms with Gasteiger partial charge < -0.3 is 14.9 Å². The van der Waals surface area contributed by atoms with Crippen molar-refractivity contribution in [2.24, 2.45) is 0 Å². The molecule has 0 unspecified atom stereocenters. The van der Waals surface area contributed by atoms with E-state index in [-0.39, 0.29) is 5.56 Å². The lowest BCUT2D eigenvalue weighted by molar-refractivity contribution is 0.0697. The molecule has 112 valence electrons. The van der Waals surface area contributed by atoms with Crippen LogP contribution < -0.4 is 0 Å². The lowest BCUT2D eigenvalue weighted by Gasteiger charge is -2.32. The fourth-order valence-corrected chi connectivity index (χ4v) is 3.58. The Balaban J connectivity index is 2.83. The van der Waals surface area contributed by atoms with Crippen molar-refractivity contribution in [3.05, 3.63) is 35.4 Å². The number of carbonyl (C=O) groups is 1. The number of aromatic carboxylic acids is 1. The predicted molar refractivity (Wildman–Crippen MR) is 77.1 cm³/mol. The molecule has 0 saturated heterocycles. The van der Waals surface area contributed by atoms with Crippen molar-refractivity contribution in [3.63, 3.8) is 0 Å². The van der Waals surface area contributed by atoms with Crippen LogP contribution in [0.5, 0.6) is 0 Å². The van der Waals surface area contributed by atoms with Gasteiger partial charge in [0.1, 0.15) is 0 Å². The number of rotatable bonds is 7. The van der Waals surface area contributed by atoms with E-state index in [4.69, 9.17) is 5.11 Å². The lowest BCUT2D eigenvalue weighted by atomic mass is 9.93. The molecular weight excluding hydrogens is 279 g/mol. The van der Waals surface area contributed by atoms with Gasteiger partial charge in [-0.2, -0.15) is 0 Å². The Hall–Kier alpha value is -1.16.